The number of aliphatic hydroxyl groups excluding tert-OH is 1. The van der Waals surface area contributed by atoms with Crippen molar-refractivity contribution >= 4 is 6.09 Å². The summed E-state index contributed by atoms with van der Waals surface area (Å²) >= 11 is 0. The predicted molar refractivity (Wildman–Crippen MR) is 67.5 cm³/mol. The van der Waals surface area contributed by atoms with Gasteiger partial charge in [-0.25, -0.2) is 9.80 Å². The van der Waals surface area contributed by atoms with Crippen LogP contribution in [0.15, 0.2) is 0 Å². The molecule has 0 spiro atoms. The first kappa shape index (κ1) is 16.2. The number of amides is 1. The standard InChI is InChI=1S/C12H26N2O3/c1-6-7-8-10(9-15)14(5)13-11(16)17-12(2,3)4/h10,15H,6-9H2,1-5H3,(H,13,16). The molecular weight excluding hydrogens is 220 g/mol. The highest BCUT2D eigenvalue weighted by Crippen LogP contribution is 2.08. The van der Waals surface area contributed by atoms with E-state index in [9.17, 15) is 9.90 Å². The molecule has 0 saturated carbocycles. The van der Waals surface area contributed by atoms with Gasteiger partial charge in [-0.3, -0.25) is 5.43 Å². The summed E-state index contributed by atoms with van der Waals surface area (Å²) in [5, 5.41) is 10.8. The van der Waals surface area contributed by atoms with E-state index in [2.05, 4.69) is 12.3 Å². The number of hydrogen-bond donors (Lipinski definition) is 2. The van der Waals surface area contributed by atoms with E-state index in [1.54, 1.807) is 12.1 Å². The first-order valence-corrected chi connectivity index (χ1v) is 6.13. The Morgan fingerprint density at radius 1 is 1.47 bits per heavy atom. The molecule has 0 aliphatic heterocycles. The van der Waals surface area contributed by atoms with E-state index in [0.29, 0.717) is 0 Å². The molecule has 1 amide bonds. The quantitative estimate of drug-likeness (QED) is 0.703. The van der Waals surface area contributed by atoms with Gasteiger partial charge in [0.05, 0.1) is 12.6 Å². The van der Waals surface area contributed by atoms with E-state index in [4.69, 9.17) is 4.74 Å². The minimum atomic E-state index is -0.511. The van der Waals surface area contributed by atoms with Crippen molar-refractivity contribution in [2.45, 2.75) is 58.6 Å². The second-order valence-electron chi connectivity index (χ2n) is 5.20. The van der Waals surface area contributed by atoms with Crippen molar-refractivity contribution in [2.75, 3.05) is 13.7 Å². The number of nitrogens with zero attached hydrogens (tertiary/aromatic N) is 1. The number of hydrogen-bond acceptors (Lipinski definition) is 4. The highest BCUT2D eigenvalue weighted by atomic mass is 16.6. The number of aliphatic hydroxyl groups is 1. The molecule has 0 aliphatic rings. The lowest BCUT2D eigenvalue weighted by Crippen LogP contribution is -2.49. The summed E-state index contributed by atoms with van der Waals surface area (Å²) in [5.41, 5.74) is 2.10. The van der Waals surface area contributed by atoms with E-state index < -0.39 is 11.7 Å². The zero-order chi connectivity index (χ0) is 13.5. The molecular formula is C12H26N2O3. The molecule has 102 valence electrons. The third-order valence-corrected chi connectivity index (χ3v) is 2.32. The smallest absolute Gasteiger partial charge is 0.422 e. The minimum Gasteiger partial charge on any atom is -0.443 e. The van der Waals surface area contributed by atoms with Crippen LogP contribution in [0.5, 0.6) is 0 Å². The molecule has 0 heterocycles. The minimum absolute atomic E-state index is 0.0201. The number of unbranched alkanes of at least 4 members (excludes halogenated alkanes) is 1. The zero-order valence-electron chi connectivity index (χ0n) is 11.6. The Hall–Kier alpha value is -0.810. The maximum absolute atomic E-state index is 11.5. The van der Waals surface area contributed by atoms with Gasteiger partial charge in [-0.2, -0.15) is 0 Å². The van der Waals surface area contributed by atoms with Crippen LogP contribution in [0.4, 0.5) is 4.79 Å². The summed E-state index contributed by atoms with van der Waals surface area (Å²) in [6.07, 6.45) is 2.44. The van der Waals surface area contributed by atoms with Crippen LogP contribution in [0.1, 0.15) is 47.0 Å². The summed E-state index contributed by atoms with van der Waals surface area (Å²) in [4.78, 5) is 11.5. The van der Waals surface area contributed by atoms with E-state index in [0.717, 1.165) is 19.3 Å². The molecule has 0 aliphatic carbocycles. The lowest BCUT2D eigenvalue weighted by Gasteiger charge is -2.28. The molecule has 5 heteroatoms. The number of rotatable bonds is 6. The van der Waals surface area contributed by atoms with Crippen LogP contribution in [0.3, 0.4) is 0 Å². The van der Waals surface area contributed by atoms with Crippen molar-refractivity contribution in [1.82, 2.24) is 10.4 Å². The predicted octanol–water partition coefficient (Wildman–Crippen LogP) is 1.91. The Balaban J connectivity index is 4.12. The third-order valence-electron chi connectivity index (χ3n) is 2.32. The number of hydrazine groups is 1. The normalized spacial score (nSPS) is 13.6. The second kappa shape index (κ2) is 7.50. The first-order valence-electron chi connectivity index (χ1n) is 6.13. The van der Waals surface area contributed by atoms with E-state index in [1.807, 2.05) is 20.8 Å². The Bertz CT molecular complexity index is 226. The maximum atomic E-state index is 11.5. The summed E-state index contributed by atoms with van der Waals surface area (Å²) in [5.74, 6) is 0. The van der Waals surface area contributed by atoms with Gasteiger partial charge in [0.25, 0.3) is 0 Å². The van der Waals surface area contributed by atoms with Crippen LogP contribution in [-0.2, 0) is 4.74 Å². The van der Waals surface area contributed by atoms with Crippen molar-refractivity contribution in [1.29, 1.82) is 0 Å². The second-order valence-corrected chi connectivity index (χ2v) is 5.20. The van der Waals surface area contributed by atoms with Gasteiger partial charge >= 0.3 is 6.09 Å². The monoisotopic (exact) mass is 246 g/mol. The molecule has 0 fully saturated rings. The van der Waals surface area contributed by atoms with Crippen molar-refractivity contribution in [3.8, 4) is 0 Å². The summed E-state index contributed by atoms with van der Waals surface area (Å²) in [7, 11) is 1.74. The Morgan fingerprint density at radius 2 is 2.06 bits per heavy atom. The maximum Gasteiger partial charge on any atom is 0.422 e. The largest absolute Gasteiger partial charge is 0.443 e. The summed E-state index contributed by atoms with van der Waals surface area (Å²) in [6.45, 7) is 7.55. The Labute approximate surface area is 104 Å². The highest BCUT2D eigenvalue weighted by Gasteiger charge is 2.20. The number of carbonyl (C=O) groups excluding carboxylic acids is 1. The van der Waals surface area contributed by atoms with Crippen molar-refractivity contribution in [3.63, 3.8) is 0 Å². The molecule has 1 unspecified atom stereocenters. The molecule has 1 atom stereocenters. The molecule has 5 nitrogen and oxygen atoms in total. The van der Waals surface area contributed by atoms with Gasteiger partial charge in [-0.1, -0.05) is 19.8 Å². The number of carbonyl (C=O) groups is 1. The van der Waals surface area contributed by atoms with Crippen LogP contribution in [0.25, 0.3) is 0 Å². The molecule has 0 aromatic carbocycles. The number of nitrogens with one attached hydrogen (secondary N) is 1. The molecule has 0 aromatic rings. The first-order chi connectivity index (χ1) is 7.80. The fourth-order valence-electron chi connectivity index (χ4n) is 1.38. The summed E-state index contributed by atoms with van der Waals surface area (Å²) in [6, 6.07) is -0.0672. The number of ether oxygens (including phenoxy) is 1. The van der Waals surface area contributed by atoms with Crippen LogP contribution in [0.2, 0.25) is 0 Å². The number of likely N-dealkylation sites (N-methyl/N-ethyl adjacent to an activating group) is 1. The van der Waals surface area contributed by atoms with Gasteiger partial charge in [0.1, 0.15) is 5.60 Å². The fraction of sp³-hybridized carbons (Fsp3) is 0.917. The van der Waals surface area contributed by atoms with Gasteiger partial charge < -0.3 is 9.84 Å². The van der Waals surface area contributed by atoms with Crippen LogP contribution >= 0.6 is 0 Å². The average Bonchev–Trinajstić information content (AvgIpc) is 2.15. The van der Waals surface area contributed by atoms with Gasteiger partial charge in [-0.05, 0) is 27.2 Å². The van der Waals surface area contributed by atoms with Crippen LogP contribution in [0, 0.1) is 0 Å². The topological polar surface area (TPSA) is 61.8 Å². The van der Waals surface area contributed by atoms with E-state index >= 15 is 0 Å². The summed E-state index contributed by atoms with van der Waals surface area (Å²) < 4.78 is 5.13. The van der Waals surface area contributed by atoms with Gasteiger partial charge in [0.2, 0.25) is 0 Å². The average molecular weight is 246 g/mol. The Morgan fingerprint density at radius 3 is 2.47 bits per heavy atom. The van der Waals surface area contributed by atoms with E-state index in [1.165, 1.54) is 0 Å². The van der Waals surface area contributed by atoms with Crippen molar-refractivity contribution in [3.05, 3.63) is 0 Å². The Kier molecular flexibility index (Phi) is 7.15. The lowest BCUT2D eigenvalue weighted by atomic mass is 10.1. The lowest BCUT2D eigenvalue weighted by molar-refractivity contribution is 0.0231. The molecule has 0 radical (unpaired) electrons. The van der Waals surface area contributed by atoms with Gasteiger partial charge in [0.15, 0.2) is 0 Å². The molecule has 0 bridgehead atoms. The molecule has 0 saturated heterocycles. The highest BCUT2D eigenvalue weighted by molar-refractivity contribution is 5.67. The van der Waals surface area contributed by atoms with Crippen molar-refractivity contribution in [2.24, 2.45) is 0 Å². The van der Waals surface area contributed by atoms with E-state index in [-0.39, 0.29) is 12.6 Å². The zero-order valence-corrected chi connectivity index (χ0v) is 11.6. The van der Waals surface area contributed by atoms with Crippen LogP contribution in [-0.4, -0.2) is 41.5 Å². The van der Waals surface area contributed by atoms with Gasteiger partial charge in [0, 0.05) is 7.05 Å². The molecule has 0 rings (SSSR count). The molecule has 2 N–H and O–H groups in total. The van der Waals surface area contributed by atoms with Crippen molar-refractivity contribution < 1.29 is 14.6 Å². The van der Waals surface area contributed by atoms with Gasteiger partial charge in [-0.15, -0.1) is 0 Å². The molecule has 17 heavy (non-hydrogen) atoms. The SMILES string of the molecule is CCCCC(CO)N(C)NC(=O)OC(C)(C)C. The molecule has 0 aromatic heterocycles. The van der Waals surface area contributed by atoms with Crippen LogP contribution < -0.4 is 5.43 Å². The fourth-order valence-corrected chi connectivity index (χ4v) is 1.38. The third kappa shape index (κ3) is 7.99.